The van der Waals surface area contributed by atoms with Crippen molar-refractivity contribution in [2.75, 3.05) is 0 Å². The number of nitrogens with zero attached hydrogens (tertiary/aromatic N) is 2. The minimum Gasteiger partial charge on any atom is -0.319 e. The van der Waals surface area contributed by atoms with Gasteiger partial charge < -0.3 is 5.73 Å². The monoisotopic (exact) mass is 229 g/mol. The van der Waals surface area contributed by atoms with Crippen molar-refractivity contribution in [2.45, 2.75) is 19.5 Å². The summed E-state index contributed by atoms with van der Waals surface area (Å²) in [4.78, 5) is 11.4. The topological polar surface area (TPSA) is 60.9 Å². The zero-order chi connectivity index (χ0) is 12.3. The third kappa shape index (κ3) is 2.42. The van der Waals surface area contributed by atoms with Gasteiger partial charge in [-0.2, -0.15) is 5.10 Å². The minimum absolute atomic E-state index is 0.100. The quantitative estimate of drug-likeness (QED) is 0.863. The van der Waals surface area contributed by atoms with Gasteiger partial charge in [-0.15, -0.1) is 0 Å². The summed E-state index contributed by atoms with van der Waals surface area (Å²) in [6.45, 7) is 2.43. The van der Waals surface area contributed by atoms with Crippen LogP contribution in [0.5, 0.6) is 0 Å². The second-order valence-electron chi connectivity index (χ2n) is 3.80. The van der Waals surface area contributed by atoms with Crippen molar-refractivity contribution >= 4 is 0 Å². The number of hydrogen-bond acceptors (Lipinski definition) is 3. The van der Waals surface area contributed by atoms with Crippen LogP contribution in [0.2, 0.25) is 0 Å². The van der Waals surface area contributed by atoms with Crippen molar-refractivity contribution in [3.63, 3.8) is 0 Å². The molecule has 2 aromatic rings. The fourth-order valence-corrected chi connectivity index (χ4v) is 1.69. The van der Waals surface area contributed by atoms with E-state index in [2.05, 4.69) is 5.10 Å². The van der Waals surface area contributed by atoms with Gasteiger partial charge in [0.2, 0.25) is 0 Å². The molecule has 0 radical (unpaired) electrons. The Morgan fingerprint density at radius 3 is 2.59 bits per heavy atom. The summed E-state index contributed by atoms with van der Waals surface area (Å²) in [5.74, 6) is 0. The number of benzene rings is 1. The smallest absolute Gasteiger partial charge is 0.266 e. The Kier molecular flexibility index (Phi) is 3.35. The van der Waals surface area contributed by atoms with E-state index >= 15 is 0 Å². The van der Waals surface area contributed by atoms with E-state index < -0.39 is 0 Å². The molecule has 1 unspecified atom stereocenters. The van der Waals surface area contributed by atoms with E-state index in [1.807, 2.05) is 37.3 Å². The molecule has 4 nitrogen and oxygen atoms in total. The second-order valence-corrected chi connectivity index (χ2v) is 3.80. The molecular weight excluding hydrogens is 214 g/mol. The molecule has 0 aliphatic rings. The summed E-state index contributed by atoms with van der Waals surface area (Å²) in [5, 5.41) is 4.25. The molecule has 0 saturated carbocycles. The van der Waals surface area contributed by atoms with E-state index in [1.165, 1.54) is 10.7 Å². The highest BCUT2D eigenvalue weighted by Gasteiger charge is 2.10. The zero-order valence-electron chi connectivity index (χ0n) is 9.71. The summed E-state index contributed by atoms with van der Waals surface area (Å²) >= 11 is 0. The Morgan fingerprint density at radius 1 is 1.24 bits per heavy atom. The van der Waals surface area contributed by atoms with Crippen molar-refractivity contribution in [1.82, 2.24) is 9.78 Å². The molecule has 0 spiro atoms. The molecule has 0 fully saturated rings. The molecule has 0 amide bonds. The summed E-state index contributed by atoms with van der Waals surface area (Å²) in [5.41, 5.74) is 7.71. The van der Waals surface area contributed by atoms with Crippen LogP contribution in [0.25, 0.3) is 0 Å². The van der Waals surface area contributed by atoms with Crippen LogP contribution in [0.4, 0.5) is 0 Å². The molecular formula is C13H15N3O. The predicted octanol–water partition coefficient (Wildman–Crippen LogP) is 1.31. The Labute approximate surface area is 99.7 Å². The number of hydrogen-bond donors (Lipinski definition) is 1. The molecule has 0 saturated heterocycles. The molecule has 2 rings (SSSR count). The van der Waals surface area contributed by atoms with Gasteiger partial charge in [-0.1, -0.05) is 30.3 Å². The first-order chi connectivity index (χ1) is 8.22. The van der Waals surface area contributed by atoms with Gasteiger partial charge in [-0.25, -0.2) is 4.68 Å². The van der Waals surface area contributed by atoms with Crippen LogP contribution in [0.1, 0.15) is 24.2 Å². The van der Waals surface area contributed by atoms with Gasteiger partial charge >= 0.3 is 0 Å². The molecule has 0 bridgehead atoms. The fraction of sp³-hybridized carbons (Fsp3) is 0.231. The first-order valence-electron chi connectivity index (χ1n) is 5.61. The lowest BCUT2D eigenvalue weighted by Crippen LogP contribution is -2.25. The maximum Gasteiger partial charge on any atom is 0.266 e. The van der Waals surface area contributed by atoms with Crippen LogP contribution in [-0.2, 0) is 6.54 Å². The summed E-state index contributed by atoms with van der Waals surface area (Å²) in [6, 6.07) is 12.6. The summed E-state index contributed by atoms with van der Waals surface area (Å²) in [6.07, 6.45) is 0. The van der Waals surface area contributed by atoms with Crippen LogP contribution >= 0.6 is 0 Å². The Balaban J connectivity index is 2.38. The van der Waals surface area contributed by atoms with Gasteiger partial charge in [0.05, 0.1) is 11.7 Å². The maximum absolute atomic E-state index is 11.4. The van der Waals surface area contributed by atoms with E-state index in [4.69, 9.17) is 5.73 Å². The van der Waals surface area contributed by atoms with Crippen molar-refractivity contribution in [1.29, 1.82) is 0 Å². The van der Waals surface area contributed by atoms with Gasteiger partial charge in [-0.3, -0.25) is 4.79 Å². The maximum atomic E-state index is 11.4. The standard InChI is InChI=1S/C13H15N3O/c1-2-16-12(17)9-8-11(15-16)13(14)10-6-4-3-5-7-10/h3-9,13H,2,14H2,1H3. The fourth-order valence-electron chi connectivity index (χ4n) is 1.69. The molecule has 0 aliphatic carbocycles. The average molecular weight is 229 g/mol. The SMILES string of the molecule is CCn1nc(C(N)c2ccccc2)ccc1=O. The van der Waals surface area contributed by atoms with Gasteiger partial charge in [0, 0.05) is 12.6 Å². The number of aromatic nitrogens is 2. The third-order valence-electron chi connectivity index (χ3n) is 2.66. The average Bonchev–Trinajstić information content (AvgIpc) is 2.39. The lowest BCUT2D eigenvalue weighted by atomic mass is 10.0. The highest BCUT2D eigenvalue weighted by atomic mass is 16.1. The van der Waals surface area contributed by atoms with E-state index in [0.29, 0.717) is 12.2 Å². The van der Waals surface area contributed by atoms with Gasteiger partial charge in [-0.05, 0) is 18.6 Å². The molecule has 4 heteroatoms. The number of nitrogens with two attached hydrogens (primary N) is 1. The molecule has 1 heterocycles. The highest BCUT2D eigenvalue weighted by molar-refractivity contribution is 5.26. The van der Waals surface area contributed by atoms with Crippen molar-refractivity contribution in [3.8, 4) is 0 Å². The molecule has 0 aliphatic heterocycles. The predicted molar refractivity (Wildman–Crippen MR) is 66.6 cm³/mol. The number of aryl methyl sites for hydroxylation is 1. The highest BCUT2D eigenvalue weighted by Crippen LogP contribution is 2.15. The van der Waals surface area contributed by atoms with E-state index in [9.17, 15) is 4.79 Å². The molecule has 17 heavy (non-hydrogen) atoms. The van der Waals surface area contributed by atoms with E-state index in [0.717, 1.165) is 5.56 Å². The van der Waals surface area contributed by atoms with Gasteiger partial charge in [0.25, 0.3) is 5.56 Å². The van der Waals surface area contributed by atoms with Crippen molar-refractivity contribution in [3.05, 3.63) is 64.1 Å². The molecule has 1 aromatic heterocycles. The minimum atomic E-state index is -0.297. The number of rotatable bonds is 3. The normalized spacial score (nSPS) is 12.4. The van der Waals surface area contributed by atoms with E-state index in [1.54, 1.807) is 6.07 Å². The zero-order valence-corrected chi connectivity index (χ0v) is 9.71. The molecule has 2 N–H and O–H groups in total. The Morgan fingerprint density at radius 2 is 1.94 bits per heavy atom. The third-order valence-corrected chi connectivity index (χ3v) is 2.66. The van der Waals surface area contributed by atoms with Crippen LogP contribution in [0.15, 0.2) is 47.3 Å². The first kappa shape index (κ1) is 11.5. The summed E-state index contributed by atoms with van der Waals surface area (Å²) in [7, 11) is 0. The van der Waals surface area contributed by atoms with Crippen LogP contribution in [0.3, 0.4) is 0 Å². The lowest BCUT2D eigenvalue weighted by molar-refractivity contribution is 0.587. The van der Waals surface area contributed by atoms with Gasteiger partial charge in [0.15, 0.2) is 0 Å². The van der Waals surface area contributed by atoms with Gasteiger partial charge in [0.1, 0.15) is 0 Å². The Hall–Kier alpha value is -1.94. The Bertz CT molecular complexity index is 548. The van der Waals surface area contributed by atoms with Crippen molar-refractivity contribution in [2.24, 2.45) is 5.73 Å². The lowest BCUT2D eigenvalue weighted by Gasteiger charge is -2.12. The molecule has 88 valence electrons. The van der Waals surface area contributed by atoms with Crippen LogP contribution < -0.4 is 11.3 Å². The van der Waals surface area contributed by atoms with Crippen LogP contribution in [-0.4, -0.2) is 9.78 Å². The van der Waals surface area contributed by atoms with Crippen LogP contribution in [0, 0.1) is 0 Å². The second kappa shape index (κ2) is 4.93. The molecule has 1 aromatic carbocycles. The summed E-state index contributed by atoms with van der Waals surface area (Å²) < 4.78 is 1.41. The van der Waals surface area contributed by atoms with E-state index in [-0.39, 0.29) is 11.6 Å². The molecule has 1 atom stereocenters. The van der Waals surface area contributed by atoms with Crippen molar-refractivity contribution < 1.29 is 0 Å². The largest absolute Gasteiger partial charge is 0.319 e. The first-order valence-corrected chi connectivity index (χ1v) is 5.61.